The van der Waals surface area contributed by atoms with Crippen molar-refractivity contribution in [3.63, 3.8) is 0 Å². The summed E-state index contributed by atoms with van der Waals surface area (Å²) in [7, 11) is 3.24. The summed E-state index contributed by atoms with van der Waals surface area (Å²) in [5.41, 5.74) is 2.81. The van der Waals surface area contributed by atoms with Gasteiger partial charge in [-0.25, -0.2) is 0 Å². The van der Waals surface area contributed by atoms with Crippen molar-refractivity contribution in [2.75, 3.05) is 27.2 Å². The smallest absolute Gasteiger partial charge is 0.305 e. The zero-order valence-electron chi connectivity index (χ0n) is 13.5. The number of hydrogen-bond acceptors (Lipinski definition) is 3. The van der Waals surface area contributed by atoms with E-state index in [9.17, 15) is 4.79 Å². The summed E-state index contributed by atoms with van der Waals surface area (Å²) in [6, 6.07) is 8.58. The molecule has 0 aliphatic carbocycles. The molecule has 0 atom stereocenters. The Labute approximate surface area is 132 Å². The lowest BCUT2D eigenvalue weighted by molar-refractivity contribution is -0.140. The summed E-state index contributed by atoms with van der Waals surface area (Å²) in [5, 5.41) is 3.39. The largest absolute Gasteiger partial charge is 0.469 e. The quantitative estimate of drug-likeness (QED) is 0.391. The molecule has 0 spiro atoms. The second kappa shape index (κ2) is 8.41. The Morgan fingerprint density at radius 2 is 2.09 bits per heavy atom. The minimum absolute atomic E-state index is 0.142. The zero-order chi connectivity index (χ0) is 15.8. The number of esters is 1. The van der Waals surface area contributed by atoms with Crippen molar-refractivity contribution in [2.24, 2.45) is 4.99 Å². The molecule has 2 rings (SSSR count). The van der Waals surface area contributed by atoms with Crippen molar-refractivity contribution in [3.05, 3.63) is 35.4 Å². The van der Waals surface area contributed by atoms with E-state index in [1.807, 2.05) is 7.05 Å². The molecule has 120 valence electrons. The predicted molar refractivity (Wildman–Crippen MR) is 87.8 cm³/mol. The molecule has 0 unspecified atom stereocenters. The Balaban J connectivity index is 1.77. The van der Waals surface area contributed by atoms with E-state index in [0.717, 1.165) is 44.9 Å². The lowest BCUT2D eigenvalue weighted by Gasteiger charge is -2.31. The van der Waals surface area contributed by atoms with Gasteiger partial charge in [0.25, 0.3) is 0 Å². The van der Waals surface area contributed by atoms with Crippen LogP contribution in [0.25, 0.3) is 0 Å². The third-order valence-corrected chi connectivity index (χ3v) is 3.96. The van der Waals surface area contributed by atoms with E-state index >= 15 is 0 Å². The molecule has 0 amide bonds. The van der Waals surface area contributed by atoms with Gasteiger partial charge in [-0.2, -0.15) is 0 Å². The van der Waals surface area contributed by atoms with Crippen molar-refractivity contribution >= 4 is 11.9 Å². The molecule has 1 aromatic carbocycles. The van der Waals surface area contributed by atoms with Crippen LogP contribution < -0.4 is 5.32 Å². The fourth-order valence-electron chi connectivity index (χ4n) is 2.71. The Bertz CT molecular complexity index is 528. The molecule has 1 aromatic rings. The fourth-order valence-corrected chi connectivity index (χ4v) is 2.71. The summed E-state index contributed by atoms with van der Waals surface area (Å²) >= 11 is 0. The fraction of sp³-hybridized carbons (Fsp3) is 0.529. The minimum atomic E-state index is -0.142. The number of ether oxygens (including phenoxy) is 1. The number of guanidine groups is 1. The number of benzene rings is 1. The highest BCUT2D eigenvalue weighted by Crippen LogP contribution is 2.18. The predicted octanol–water partition coefficient (Wildman–Crippen LogP) is 1.96. The first-order valence-electron chi connectivity index (χ1n) is 7.83. The van der Waals surface area contributed by atoms with Crippen LogP contribution >= 0.6 is 0 Å². The SMILES string of the molecule is CN=C(NCCCCC(=O)OC)N1CCc2ccccc2C1. The summed E-state index contributed by atoms with van der Waals surface area (Å²) in [5.74, 6) is 0.796. The Morgan fingerprint density at radius 1 is 1.32 bits per heavy atom. The van der Waals surface area contributed by atoms with Crippen molar-refractivity contribution in [3.8, 4) is 0 Å². The third kappa shape index (κ3) is 4.48. The van der Waals surface area contributed by atoms with Gasteiger partial charge in [0, 0.05) is 33.1 Å². The van der Waals surface area contributed by atoms with Gasteiger partial charge in [-0.15, -0.1) is 0 Å². The number of unbranched alkanes of at least 4 members (excludes halogenated alkanes) is 1. The van der Waals surface area contributed by atoms with E-state index < -0.39 is 0 Å². The van der Waals surface area contributed by atoms with E-state index in [-0.39, 0.29) is 5.97 Å². The van der Waals surface area contributed by atoms with Gasteiger partial charge in [0.15, 0.2) is 5.96 Å². The van der Waals surface area contributed by atoms with Crippen LogP contribution in [0.3, 0.4) is 0 Å². The van der Waals surface area contributed by atoms with Gasteiger partial charge in [0.05, 0.1) is 7.11 Å². The summed E-state index contributed by atoms with van der Waals surface area (Å²) in [4.78, 5) is 17.7. The Morgan fingerprint density at radius 3 is 2.82 bits per heavy atom. The molecule has 0 saturated heterocycles. The molecule has 1 aliphatic heterocycles. The van der Waals surface area contributed by atoms with Crippen LogP contribution in [0.2, 0.25) is 0 Å². The normalized spacial score (nSPS) is 14.5. The van der Waals surface area contributed by atoms with Crippen molar-refractivity contribution in [1.82, 2.24) is 10.2 Å². The molecule has 0 saturated carbocycles. The molecule has 5 heteroatoms. The average Bonchev–Trinajstić information content (AvgIpc) is 2.57. The summed E-state index contributed by atoms with van der Waals surface area (Å²) in [6.45, 7) is 2.71. The van der Waals surface area contributed by atoms with Gasteiger partial charge >= 0.3 is 5.97 Å². The molecule has 0 fully saturated rings. The van der Waals surface area contributed by atoms with Crippen LogP contribution in [-0.4, -0.2) is 44.1 Å². The van der Waals surface area contributed by atoms with Crippen LogP contribution in [0, 0.1) is 0 Å². The topological polar surface area (TPSA) is 53.9 Å². The minimum Gasteiger partial charge on any atom is -0.469 e. The van der Waals surface area contributed by atoms with Crippen LogP contribution in [0.4, 0.5) is 0 Å². The van der Waals surface area contributed by atoms with E-state index in [1.54, 1.807) is 0 Å². The van der Waals surface area contributed by atoms with Gasteiger partial charge in [0.2, 0.25) is 0 Å². The maximum Gasteiger partial charge on any atom is 0.305 e. The van der Waals surface area contributed by atoms with Crippen molar-refractivity contribution < 1.29 is 9.53 Å². The van der Waals surface area contributed by atoms with Crippen LogP contribution in [-0.2, 0) is 22.5 Å². The van der Waals surface area contributed by atoms with Gasteiger partial charge < -0.3 is 15.0 Å². The first kappa shape index (κ1) is 16.3. The Kier molecular flexibility index (Phi) is 6.25. The number of rotatable bonds is 5. The molecule has 22 heavy (non-hydrogen) atoms. The molecule has 1 N–H and O–H groups in total. The zero-order valence-corrected chi connectivity index (χ0v) is 13.5. The lowest BCUT2D eigenvalue weighted by atomic mass is 10.0. The molecule has 5 nitrogen and oxygen atoms in total. The Hall–Kier alpha value is -2.04. The van der Waals surface area contributed by atoms with Gasteiger partial charge in [0.1, 0.15) is 0 Å². The molecular formula is C17H25N3O2. The third-order valence-electron chi connectivity index (χ3n) is 3.96. The number of aliphatic imine (C=N–C) groups is 1. The molecule has 0 aromatic heterocycles. The van der Waals surface area contributed by atoms with Crippen molar-refractivity contribution in [1.29, 1.82) is 0 Å². The van der Waals surface area contributed by atoms with E-state index in [1.165, 1.54) is 18.2 Å². The summed E-state index contributed by atoms with van der Waals surface area (Å²) < 4.78 is 4.64. The maximum atomic E-state index is 11.1. The van der Waals surface area contributed by atoms with E-state index in [4.69, 9.17) is 0 Å². The van der Waals surface area contributed by atoms with Gasteiger partial charge in [-0.05, 0) is 30.4 Å². The molecule has 0 radical (unpaired) electrons. The van der Waals surface area contributed by atoms with E-state index in [2.05, 4.69) is 44.2 Å². The van der Waals surface area contributed by atoms with Crippen LogP contribution in [0.5, 0.6) is 0 Å². The monoisotopic (exact) mass is 303 g/mol. The van der Waals surface area contributed by atoms with Gasteiger partial charge in [-0.3, -0.25) is 9.79 Å². The second-order valence-corrected chi connectivity index (χ2v) is 5.45. The number of nitrogens with one attached hydrogen (secondary N) is 1. The number of carbonyl (C=O) groups is 1. The molecule has 1 heterocycles. The number of carbonyl (C=O) groups excluding carboxylic acids is 1. The standard InChI is InChI=1S/C17H25N3O2/c1-18-17(19-11-6-5-9-16(21)22-2)20-12-10-14-7-3-4-8-15(14)13-20/h3-4,7-8H,5-6,9-13H2,1-2H3,(H,18,19). The number of methoxy groups -OCH3 is 1. The van der Waals surface area contributed by atoms with Crippen LogP contribution in [0.15, 0.2) is 29.3 Å². The maximum absolute atomic E-state index is 11.1. The number of nitrogens with zero attached hydrogens (tertiary/aromatic N) is 2. The first-order valence-corrected chi connectivity index (χ1v) is 7.83. The average molecular weight is 303 g/mol. The second-order valence-electron chi connectivity index (χ2n) is 5.45. The lowest BCUT2D eigenvalue weighted by Crippen LogP contribution is -2.44. The highest BCUT2D eigenvalue weighted by atomic mass is 16.5. The van der Waals surface area contributed by atoms with Gasteiger partial charge in [-0.1, -0.05) is 24.3 Å². The van der Waals surface area contributed by atoms with E-state index in [0.29, 0.717) is 6.42 Å². The molecular weight excluding hydrogens is 278 g/mol. The highest BCUT2D eigenvalue weighted by molar-refractivity contribution is 5.80. The molecule has 1 aliphatic rings. The first-order chi connectivity index (χ1) is 10.7. The van der Waals surface area contributed by atoms with Crippen LogP contribution in [0.1, 0.15) is 30.4 Å². The highest BCUT2D eigenvalue weighted by Gasteiger charge is 2.18. The number of hydrogen-bond donors (Lipinski definition) is 1. The molecule has 0 bridgehead atoms. The van der Waals surface area contributed by atoms with Crippen molar-refractivity contribution in [2.45, 2.75) is 32.2 Å². The number of fused-ring (bicyclic) bond motifs is 1. The summed E-state index contributed by atoms with van der Waals surface area (Å²) in [6.07, 6.45) is 3.30.